The molecule has 7 atom stereocenters. The molecule has 14 nitrogen and oxygen atoms in total. The lowest BCUT2D eigenvalue weighted by molar-refractivity contribution is -0.277. The predicted octanol–water partition coefficient (Wildman–Crippen LogP) is -1.76. The van der Waals surface area contributed by atoms with Crippen LogP contribution in [0.15, 0.2) is 30.3 Å². The molecule has 0 spiro atoms. The van der Waals surface area contributed by atoms with Crippen molar-refractivity contribution in [3.8, 4) is 28.7 Å². The number of carbonyl (C=O) groups excluding carboxylic acids is 1. The third kappa shape index (κ3) is 6.14. The smallest absolute Gasteiger partial charge is 0.338 e. The molecule has 0 radical (unpaired) electrons. The van der Waals surface area contributed by atoms with Crippen LogP contribution in [0.3, 0.4) is 0 Å². The summed E-state index contributed by atoms with van der Waals surface area (Å²) in [6, 6.07) is 5.69. The topological polar surface area (TPSA) is 236 Å². The van der Waals surface area contributed by atoms with E-state index in [1.165, 1.54) is 25.3 Å². The van der Waals surface area contributed by atoms with Crippen molar-refractivity contribution in [2.75, 3.05) is 20.3 Å². The molecular formula is C23H28O14. The fraction of sp³-hybridized carbons (Fsp3) is 0.435. The number of rotatable bonds is 9. The number of phenolic OH excluding ortho intramolecular Hbond substituents is 3. The zero-order chi connectivity index (χ0) is 27.4. The minimum atomic E-state index is -1.81. The Labute approximate surface area is 209 Å². The normalized spacial score (nSPS) is 25.2. The summed E-state index contributed by atoms with van der Waals surface area (Å²) in [5.41, 5.74) is -0.217. The Morgan fingerprint density at radius 1 is 0.973 bits per heavy atom. The minimum absolute atomic E-state index is 0.0948. The fourth-order valence-corrected chi connectivity index (χ4v) is 3.53. The summed E-state index contributed by atoms with van der Waals surface area (Å²) in [5, 5.41) is 88.4. The van der Waals surface area contributed by atoms with Crippen LogP contribution in [0.25, 0.3) is 0 Å². The van der Waals surface area contributed by atoms with Gasteiger partial charge < -0.3 is 64.9 Å². The standard InChI is InChI=1S/C23H28O14/c1-34-14-3-2-9(17(28)13(27)7-24)6-15(14)36-23-21(32)20(31)19(30)16(37-23)8-35-22(33)10-4-11(25)18(29)12(26)5-10/h2-6,13,16-17,19-21,23-32H,7-8H2,1H3. The minimum Gasteiger partial charge on any atom is -0.504 e. The van der Waals surface area contributed by atoms with Gasteiger partial charge in [0, 0.05) is 0 Å². The summed E-state index contributed by atoms with van der Waals surface area (Å²) in [7, 11) is 1.30. The molecule has 2 aromatic carbocycles. The fourth-order valence-electron chi connectivity index (χ4n) is 3.53. The first-order valence-corrected chi connectivity index (χ1v) is 10.9. The van der Waals surface area contributed by atoms with Crippen molar-refractivity contribution in [1.29, 1.82) is 0 Å². The van der Waals surface area contributed by atoms with Gasteiger partial charge in [0.05, 0.1) is 19.3 Å². The monoisotopic (exact) mass is 528 g/mol. The molecule has 37 heavy (non-hydrogen) atoms. The SMILES string of the molecule is COc1ccc(C(O)C(O)CO)cc1OC1OC(COC(=O)c2cc(O)c(O)c(O)c2)C(O)C(O)C1O. The highest BCUT2D eigenvalue weighted by Gasteiger charge is 2.46. The van der Waals surface area contributed by atoms with Gasteiger partial charge in [-0.3, -0.25) is 0 Å². The van der Waals surface area contributed by atoms with Crippen molar-refractivity contribution in [2.45, 2.75) is 42.9 Å². The van der Waals surface area contributed by atoms with Gasteiger partial charge in [-0.2, -0.15) is 0 Å². The number of hydrogen-bond donors (Lipinski definition) is 9. The van der Waals surface area contributed by atoms with E-state index in [1.54, 1.807) is 0 Å². The molecule has 0 saturated carbocycles. The molecule has 2 aromatic rings. The van der Waals surface area contributed by atoms with Crippen molar-refractivity contribution in [2.24, 2.45) is 0 Å². The van der Waals surface area contributed by atoms with E-state index < -0.39 is 79.3 Å². The molecule has 1 fully saturated rings. The molecule has 1 aliphatic heterocycles. The van der Waals surface area contributed by atoms with Crippen LogP contribution < -0.4 is 9.47 Å². The Hall–Kier alpha value is -3.37. The number of aromatic hydroxyl groups is 3. The number of ether oxygens (including phenoxy) is 4. The van der Waals surface area contributed by atoms with Crippen molar-refractivity contribution < 1.29 is 69.7 Å². The predicted molar refractivity (Wildman–Crippen MR) is 120 cm³/mol. The molecule has 9 N–H and O–H groups in total. The molecule has 0 bridgehead atoms. The lowest BCUT2D eigenvalue weighted by Crippen LogP contribution is -2.60. The Morgan fingerprint density at radius 3 is 2.22 bits per heavy atom. The summed E-state index contributed by atoms with van der Waals surface area (Å²) < 4.78 is 21.3. The van der Waals surface area contributed by atoms with E-state index in [-0.39, 0.29) is 22.6 Å². The molecule has 0 amide bonds. The van der Waals surface area contributed by atoms with Crippen LogP contribution in [-0.4, -0.2) is 109 Å². The largest absolute Gasteiger partial charge is 0.504 e. The maximum Gasteiger partial charge on any atom is 0.338 e. The highest BCUT2D eigenvalue weighted by atomic mass is 16.7. The lowest BCUT2D eigenvalue weighted by Gasteiger charge is -2.40. The van der Waals surface area contributed by atoms with Crippen LogP contribution in [0.5, 0.6) is 28.7 Å². The van der Waals surface area contributed by atoms with Gasteiger partial charge in [-0.05, 0) is 29.8 Å². The highest BCUT2D eigenvalue weighted by Crippen LogP contribution is 2.36. The Morgan fingerprint density at radius 2 is 1.62 bits per heavy atom. The van der Waals surface area contributed by atoms with Gasteiger partial charge in [-0.15, -0.1) is 0 Å². The van der Waals surface area contributed by atoms with Gasteiger partial charge in [-0.1, -0.05) is 6.07 Å². The summed E-state index contributed by atoms with van der Waals surface area (Å²) >= 11 is 0. The molecule has 1 heterocycles. The van der Waals surface area contributed by atoms with Gasteiger partial charge in [0.25, 0.3) is 0 Å². The molecule has 1 aliphatic rings. The molecular weight excluding hydrogens is 500 g/mol. The van der Waals surface area contributed by atoms with Crippen molar-refractivity contribution in [3.63, 3.8) is 0 Å². The van der Waals surface area contributed by atoms with Crippen LogP contribution in [0.1, 0.15) is 22.0 Å². The average molecular weight is 528 g/mol. The first kappa shape index (κ1) is 28.2. The lowest BCUT2D eigenvalue weighted by atomic mass is 9.99. The van der Waals surface area contributed by atoms with Gasteiger partial charge in [0.15, 0.2) is 28.7 Å². The third-order valence-corrected chi connectivity index (χ3v) is 5.68. The molecule has 7 unspecified atom stereocenters. The van der Waals surface area contributed by atoms with Gasteiger partial charge in [-0.25, -0.2) is 4.79 Å². The summed E-state index contributed by atoms with van der Waals surface area (Å²) in [4.78, 5) is 12.3. The van der Waals surface area contributed by atoms with Gasteiger partial charge in [0.2, 0.25) is 6.29 Å². The Bertz CT molecular complexity index is 1070. The number of phenols is 3. The van der Waals surface area contributed by atoms with E-state index >= 15 is 0 Å². The van der Waals surface area contributed by atoms with Crippen LogP contribution in [0.2, 0.25) is 0 Å². The molecule has 204 valence electrons. The first-order valence-electron chi connectivity index (χ1n) is 10.9. The van der Waals surface area contributed by atoms with E-state index in [0.717, 1.165) is 12.1 Å². The zero-order valence-corrected chi connectivity index (χ0v) is 19.4. The quantitative estimate of drug-likeness (QED) is 0.130. The van der Waals surface area contributed by atoms with E-state index in [9.17, 15) is 45.6 Å². The second kappa shape index (κ2) is 11.8. The number of methoxy groups -OCH3 is 1. The first-order chi connectivity index (χ1) is 17.5. The molecule has 3 rings (SSSR count). The maximum absolute atomic E-state index is 12.3. The molecule has 0 aromatic heterocycles. The summed E-state index contributed by atoms with van der Waals surface area (Å²) in [5.74, 6) is -3.45. The number of aliphatic hydroxyl groups is 6. The van der Waals surface area contributed by atoms with Crippen LogP contribution in [-0.2, 0) is 9.47 Å². The van der Waals surface area contributed by atoms with Crippen molar-refractivity contribution >= 4 is 5.97 Å². The van der Waals surface area contributed by atoms with Gasteiger partial charge >= 0.3 is 5.97 Å². The molecule has 14 heteroatoms. The number of carbonyl (C=O) groups is 1. The third-order valence-electron chi connectivity index (χ3n) is 5.68. The van der Waals surface area contributed by atoms with E-state index in [4.69, 9.17) is 24.1 Å². The van der Waals surface area contributed by atoms with Crippen LogP contribution in [0.4, 0.5) is 0 Å². The van der Waals surface area contributed by atoms with Crippen LogP contribution in [0, 0.1) is 0 Å². The molecule has 1 saturated heterocycles. The number of benzene rings is 2. The van der Waals surface area contributed by atoms with E-state index in [1.807, 2.05) is 0 Å². The van der Waals surface area contributed by atoms with Crippen LogP contribution >= 0.6 is 0 Å². The molecule has 0 aliphatic carbocycles. The van der Waals surface area contributed by atoms with Gasteiger partial charge in [0.1, 0.15) is 43.2 Å². The number of aliphatic hydroxyl groups excluding tert-OH is 6. The number of hydrogen-bond acceptors (Lipinski definition) is 14. The van der Waals surface area contributed by atoms with E-state index in [2.05, 4.69) is 0 Å². The Balaban J connectivity index is 1.76. The summed E-state index contributed by atoms with van der Waals surface area (Å²) in [6.07, 6.45) is -11.3. The van der Waals surface area contributed by atoms with Crippen molar-refractivity contribution in [1.82, 2.24) is 0 Å². The highest BCUT2D eigenvalue weighted by molar-refractivity contribution is 5.91. The second-order valence-electron chi connectivity index (χ2n) is 8.20. The average Bonchev–Trinajstić information content (AvgIpc) is 2.89. The Kier molecular flexibility index (Phi) is 8.98. The maximum atomic E-state index is 12.3. The summed E-state index contributed by atoms with van der Waals surface area (Å²) in [6.45, 7) is -1.38. The number of esters is 1. The van der Waals surface area contributed by atoms with E-state index in [0.29, 0.717) is 0 Å². The second-order valence-corrected chi connectivity index (χ2v) is 8.20. The zero-order valence-electron chi connectivity index (χ0n) is 19.4. The van der Waals surface area contributed by atoms with Crippen molar-refractivity contribution in [3.05, 3.63) is 41.5 Å².